The van der Waals surface area contributed by atoms with Gasteiger partial charge < -0.3 is 20.1 Å². The number of nitrogens with one attached hydrogen (secondary N) is 1. The summed E-state index contributed by atoms with van der Waals surface area (Å²) >= 11 is 0. The Morgan fingerprint density at radius 3 is 2.34 bits per heavy atom. The molecule has 2 aromatic carbocycles. The first-order chi connectivity index (χ1) is 17.0. The van der Waals surface area contributed by atoms with Gasteiger partial charge in [-0.15, -0.1) is 0 Å². The SMILES string of the molecule is CCC(CNC(=O)OCC1c2ccccc2-c2ccccc21)CC(=O)N1CCCC[C@@H]1CC(=O)O. The Bertz CT molecular complexity index is 1020. The van der Waals surface area contributed by atoms with Crippen LogP contribution in [0.2, 0.25) is 0 Å². The fourth-order valence-corrected chi connectivity index (χ4v) is 5.34. The molecule has 4 rings (SSSR count). The van der Waals surface area contributed by atoms with Crippen LogP contribution in [0, 0.1) is 5.92 Å². The van der Waals surface area contributed by atoms with Crippen molar-refractivity contribution in [2.24, 2.45) is 5.92 Å². The number of carbonyl (C=O) groups is 3. The minimum atomic E-state index is -0.876. The Labute approximate surface area is 206 Å². The zero-order valence-corrected chi connectivity index (χ0v) is 20.2. The van der Waals surface area contributed by atoms with Crippen molar-refractivity contribution in [3.05, 3.63) is 59.7 Å². The molecule has 1 aliphatic heterocycles. The van der Waals surface area contributed by atoms with Crippen molar-refractivity contribution in [2.75, 3.05) is 19.7 Å². The van der Waals surface area contributed by atoms with Crippen molar-refractivity contribution in [3.8, 4) is 11.1 Å². The first-order valence-electron chi connectivity index (χ1n) is 12.6. The molecule has 186 valence electrons. The van der Waals surface area contributed by atoms with Gasteiger partial charge in [0, 0.05) is 31.5 Å². The molecule has 0 radical (unpaired) electrons. The summed E-state index contributed by atoms with van der Waals surface area (Å²) in [5.41, 5.74) is 4.69. The van der Waals surface area contributed by atoms with Gasteiger partial charge in [-0.2, -0.15) is 0 Å². The summed E-state index contributed by atoms with van der Waals surface area (Å²) in [7, 11) is 0. The summed E-state index contributed by atoms with van der Waals surface area (Å²) in [5, 5.41) is 12.0. The van der Waals surface area contributed by atoms with Gasteiger partial charge >= 0.3 is 12.1 Å². The number of likely N-dealkylation sites (tertiary alicyclic amines) is 1. The van der Waals surface area contributed by atoms with Gasteiger partial charge in [-0.3, -0.25) is 9.59 Å². The summed E-state index contributed by atoms with van der Waals surface area (Å²) in [4.78, 5) is 38.4. The van der Waals surface area contributed by atoms with Crippen molar-refractivity contribution >= 4 is 18.0 Å². The van der Waals surface area contributed by atoms with E-state index in [9.17, 15) is 19.5 Å². The number of aliphatic carboxylic acids is 1. The molecule has 2 atom stereocenters. The monoisotopic (exact) mass is 478 g/mol. The van der Waals surface area contributed by atoms with E-state index >= 15 is 0 Å². The van der Waals surface area contributed by atoms with Crippen molar-refractivity contribution in [1.82, 2.24) is 10.2 Å². The quantitative estimate of drug-likeness (QED) is 0.540. The zero-order chi connectivity index (χ0) is 24.8. The van der Waals surface area contributed by atoms with Crippen LogP contribution in [0.5, 0.6) is 0 Å². The number of fused-ring (bicyclic) bond motifs is 3. The van der Waals surface area contributed by atoms with Gasteiger partial charge in [0.05, 0.1) is 6.42 Å². The number of piperidine rings is 1. The minimum absolute atomic E-state index is 0.00182. The van der Waals surface area contributed by atoms with Crippen LogP contribution in [0.4, 0.5) is 4.79 Å². The molecule has 2 N–H and O–H groups in total. The van der Waals surface area contributed by atoms with Gasteiger partial charge in [-0.1, -0.05) is 61.9 Å². The molecule has 1 saturated heterocycles. The number of carboxylic acid groups (broad SMARTS) is 1. The molecule has 1 heterocycles. The van der Waals surface area contributed by atoms with Crippen LogP contribution < -0.4 is 5.32 Å². The molecule has 0 spiro atoms. The molecule has 1 fully saturated rings. The predicted octanol–water partition coefficient (Wildman–Crippen LogP) is 4.80. The third-order valence-corrected chi connectivity index (χ3v) is 7.28. The Hall–Kier alpha value is -3.35. The van der Waals surface area contributed by atoms with E-state index in [-0.39, 0.29) is 43.2 Å². The second kappa shape index (κ2) is 11.4. The van der Waals surface area contributed by atoms with Gasteiger partial charge in [-0.25, -0.2) is 4.79 Å². The number of hydrogen-bond acceptors (Lipinski definition) is 4. The third-order valence-electron chi connectivity index (χ3n) is 7.28. The average molecular weight is 479 g/mol. The highest BCUT2D eigenvalue weighted by Crippen LogP contribution is 2.44. The number of alkyl carbamates (subject to hydrolysis) is 1. The number of nitrogens with zero attached hydrogens (tertiary/aromatic N) is 1. The molecule has 0 saturated carbocycles. The Balaban J connectivity index is 1.29. The Morgan fingerprint density at radius 1 is 1.06 bits per heavy atom. The first-order valence-corrected chi connectivity index (χ1v) is 12.6. The average Bonchev–Trinajstić information content (AvgIpc) is 3.18. The maximum atomic E-state index is 12.9. The lowest BCUT2D eigenvalue weighted by Gasteiger charge is -2.36. The summed E-state index contributed by atoms with van der Waals surface area (Å²) in [6.45, 7) is 3.19. The van der Waals surface area contributed by atoms with E-state index in [1.54, 1.807) is 4.90 Å². The zero-order valence-electron chi connectivity index (χ0n) is 20.2. The maximum Gasteiger partial charge on any atom is 0.407 e. The normalized spacial score (nSPS) is 17.9. The number of amides is 2. The van der Waals surface area contributed by atoms with Gasteiger partial charge in [0.2, 0.25) is 5.91 Å². The van der Waals surface area contributed by atoms with Gasteiger partial charge in [-0.05, 0) is 47.4 Å². The first kappa shape index (κ1) is 24.8. The van der Waals surface area contributed by atoms with Crippen LogP contribution in [0.15, 0.2) is 48.5 Å². The van der Waals surface area contributed by atoms with Crippen molar-refractivity contribution in [1.29, 1.82) is 0 Å². The molecule has 7 nitrogen and oxygen atoms in total. The van der Waals surface area contributed by atoms with Gasteiger partial charge in [0.25, 0.3) is 0 Å². The molecular formula is C28H34N2O5. The van der Waals surface area contributed by atoms with E-state index in [4.69, 9.17) is 4.74 Å². The smallest absolute Gasteiger partial charge is 0.407 e. The highest BCUT2D eigenvalue weighted by molar-refractivity contribution is 5.79. The van der Waals surface area contributed by atoms with Crippen molar-refractivity contribution in [2.45, 2.75) is 57.4 Å². The van der Waals surface area contributed by atoms with Crippen molar-refractivity contribution < 1.29 is 24.2 Å². The van der Waals surface area contributed by atoms with E-state index in [2.05, 4.69) is 29.6 Å². The van der Waals surface area contributed by atoms with Crippen molar-refractivity contribution in [3.63, 3.8) is 0 Å². The van der Waals surface area contributed by atoms with Crippen LogP contribution in [0.3, 0.4) is 0 Å². The Morgan fingerprint density at radius 2 is 1.71 bits per heavy atom. The molecule has 2 amide bonds. The lowest BCUT2D eigenvalue weighted by atomic mass is 9.96. The molecule has 7 heteroatoms. The fourth-order valence-electron chi connectivity index (χ4n) is 5.34. The fraction of sp³-hybridized carbons (Fsp3) is 0.464. The summed E-state index contributed by atoms with van der Waals surface area (Å²) in [6.07, 6.45) is 3.09. The van der Waals surface area contributed by atoms with Gasteiger partial charge in [0.1, 0.15) is 6.61 Å². The van der Waals surface area contributed by atoms with Gasteiger partial charge in [0.15, 0.2) is 0 Å². The Kier molecular flexibility index (Phi) is 8.06. The summed E-state index contributed by atoms with van der Waals surface area (Å²) in [5.74, 6) is -0.937. The number of ether oxygens (including phenoxy) is 1. The topological polar surface area (TPSA) is 95.9 Å². The molecule has 2 aromatic rings. The number of benzene rings is 2. The molecule has 35 heavy (non-hydrogen) atoms. The van der Waals surface area contributed by atoms with Crippen LogP contribution in [0.25, 0.3) is 11.1 Å². The third kappa shape index (κ3) is 5.84. The lowest BCUT2D eigenvalue weighted by Crippen LogP contribution is -2.45. The number of hydrogen-bond donors (Lipinski definition) is 2. The van der Waals surface area contributed by atoms with E-state index in [1.165, 1.54) is 11.1 Å². The van der Waals surface area contributed by atoms with Crippen LogP contribution >= 0.6 is 0 Å². The molecule has 2 aliphatic rings. The van der Waals surface area contributed by atoms with E-state index < -0.39 is 12.1 Å². The number of rotatable bonds is 9. The minimum Gasteiger partial charge on any atom is -0.481 e. The van der Waals surface area contributed by atoms with E-state index in [0.717, 1.165) is 36.8 Å². The lowest BCUT2D eigenvalue weighted by molar-refractivity contribution is -0.142. The van der Waals surface area contributed by atoms with Crippen LogP contribution in [0.1, 0.15) is 62.5 Å². The highest BCUT2D eigenvalue weighted by Gasteiger charge is 2.31. The molecule has 1 unspecified atom stereocenters. The largest absolute Gasteiger partial charge is 0.481 e. The molecule has 1 aliphatic carbocycles. The molecular weight excluding hydrogens is 444 g/mol. The summed E-state index contributed by atoms with van der Waals surface area (Å²) in [6, 6.07) is 16.2. The second-order valence-electron chi connectivity index (χ2n) is 9.52. The molecule has 0 aromatic heterocycles. The number of carbonyl (C=O) groups excluding carboxylic acids is 2. The molecule has 0 bridgehead atoms. The number of carboxylic acids is 1. The van der Waals surface area contributed by atoms with E-state index in [0.29, 0.717) is 13.1 Å². The van der Waals surface area contributed by atoms with Crippen LogP contribution in [-0.4, -0.2) is 53.7 Å². The highest BCUT2D eigenvalue weighted by atomic mass is 16.5. The predicted molar refractivity (Wildman–Crippen MR) is 133 cm³/mol. The standard InChI is InChI=1S/C28H34N2O5/c1-2-19(15-26(31)30-14-8-7-9-20(30)16-27(32)33)17-29-28(34)35-18-25-23-12-5-3-10-21(23)22-11-4-6-13-24(22)25/h3-6,10-13,19-20,25H,2,7-9,14-18H2,1H3,(H,29,34)(H,32,33)/t19?,20-/m1/s1. The maximum absolute atomic E-state index is 12.9. The second-order valence-corrected chi connectivity index (χ2v) is 9.52. The van der Waals surface area contributed by atoms with Crippen LogP contribution in [-0.2, 0) is 14.3 Å². The van der Waals surface area contributed by atoms with E-state index in [1.807, 2.05) is 31.2 Å². The summed E-state index contributed by atoms with van der Waals surface area (Å²) < 4.78 is 5.61.